The summed E-state index contributed by atoms with van der Waals surface area (Å²) in [5.74, 6) is 0.0192. The number of allylic oxidation sites excluding steroid dienone is 1. The Hall–Kier alpha value is -1.71. The fourth-order valence-corrected chi connectivity index (χ4v) is 5.17. The molecule has 0 fully saturated rings. The average Bonchev–Trinajstić information content (AvgIpc) is 2.84. The summed E-state index contributed by atoms with van der Waals surface area (Å²) in [5.41, 5.74) is 2.05. The van der Waals surface area contributed by atoms with E-state index in [0.29, 0.717) is 26.1 Å². The fourth-order valence-electron chi connectivity index (χ4n) is 3.86. The quantitative estimate of drug-likeness (QED) is 0.155. The van der Waals surface area contributed by atoms with Crippen LogP contribution in [0.2, 0.25) is 18.1 Å². The number of methoxy groups -OCH3 is 1. The van der Waals surface area contributed by atoms with E-state index in [1.807, 2.05) is 31.2 Å². The lowest BCUT2D eigenvalue weighted by atomic mass is 9.90. The van der Waals surface area contributed by atoms with Crippen LogP contribution < -0.4 is 4.74 Å². The van der Waals surface area contributed by atoms with E-state index in [1.54, 1.807) is 14.2 Å². The van der Waals surface area contributed by atoms with Gasteiger partial charge < -0.3 is 19.0 Å². The summed E-state index contributed by atoms with van der Waals surface area (Å²) in [4.78, 5) is 18.1. The Bertz CT molecular complexity index is 834. The molecule has 0 saturated heterocycles. The molecule has 7 nitrogen and oxygen atoms in total. The Morgan fingerprint density at radius 1 is 1.14 bits per heavy atom. The van der Waals surface area contributed by atoms with Crippen LogP contribution in [0, 0.1) is 5.92 Å². The van der Waals surface area contributed by atoms with E-state index in [2.05, 4.69) is 46.9 Å². The van der Waals surface area contributed by atoms with Crippen molar-refractivity contribution >= 4 is 14.2 Å². The lowest BCUT2D eigenvalue weighted by Crippen LogP contribution is -2.47. The van der Waals surface area contributed by atoms with Gasteiger partial charge in [0.15, 0.2) is 8.32 Å². The maximum Gasteiger partial charge on any atom is 0.251 e. The molecule has 0 aliphatic rings. The van der Waals surface area contributed by atoms with E-state index in [0.717, 1.165) is 29.7 Å². The summed E-state index contributed by atoms with van der Waals surface area (Å²) < 4.78 is 18.2. The topological polar surface area (TPSA) is 77.5 Å². The van der Waals surface area contributed by atoms with Gasteiger partial charge in [0.25, 0.3) is 5.91 Å². The Labute approximate surface area is 226 Å². The minimum absolute atomic E-state index is 0.00755. The molecule has 1 aromatic carbocycles. The van der Waals surface area contributed by atoms with Crippen molar-refractivity contribution in [2.75, 3.05) is 27.9 Å². The van der Waals surface area contributed by atoms with Gasteiger partial charge in [0, 0.05) is 13.5 Å². The molecular weight excluding hydrogens is 486 g/mol. The smallest absolute Gasteiger partial charge is 0.251 e. The van der Waals surface area contributed by atoms with Gasteiger partial charge >= 0.3 is 0 Å². The highest BCUT2D eigenvalue weighted by atomic mass is 28.4. The lowest BCUT2D eigenvalue weighted by Gasteiger charge is -2.41. The molecule has 0 bridgehead atoms. The van der Waals surface area contributed by atoms with Crippen molar-refractivity contribution < 1.29 is 28.6 Å². The molecule has 1 amide bonds. The van der Waals surface area contributed by atoms with Gasteiger partial charge in [-0.05, 0) is 54.2 Å². The zero-order valence-corrected chi connectivity index (χ0v) is 25.8. The highest BCUT2D eigenvalue weighted by molar-refractivity contribution is 6.74. The van der Waals surface area contributed by atoms with Crippen molar-refractivity contribution in [3.05, 3.63) is 41.5 Å². The minimum Gasteiger partial charge on any atom is -0.497 e. The summed E-state index contributed by atoms with van der Waals surface area (Å²) in [7, 11) is 2.50. The first kappa shape index (κ1) is 33.3. The lowest BCUT2D eigenvalue weighted by molar-refractivity contribution is -0.177. The van der Waals surface area contributed by atoms with Crippen molar-refractivity contribution in [1.29, 1.82) is 0 Å². The van der Waals surface area contributed by atoms with Gasteiger partial charge in [0.05, 0.1) is 45.6 Å². The second-order valence-electron chi connectivity index (χ2n) is 11.1. The SMILES string of the molecule is CC/C=C(\COCc1ccc(OC)cc1)[C@@H](C[C@@H](O)[C@H](CCC)C(=O)N(C)OC)O[Si](C)(C)C(C)(C)C. The monoisotopic (exact) mass is 537 g/mol. The molecular formula is C29H51NO6Si. The van der Waals surface area contributed by atoms with Crippen molar-refractivity contribution in [2.45, 2.75) is 97.2 Å². The standard InChI is InChI=1S/C29H51NO6Si/c1-11-13-23(21-35-20-22-15-17-24(33-7)18-16-22)27(36-37(9,10)29(3,4)5)19-26(31)25(14-12-2)28(32)30(6)34-8/h13,15-18,25-27,31H,11-12,14,19-21H2,1-10H3/b23-13+/t25-,26+,27+/m0/s1. The Morgan fingerprint density at radius 2 is 1.76 bits per heavy atom. The number of hydrogen-bond donors (Lipinski definition) is 1. The number of nitrogens with zero attached hydrogens (tertiary/aromatic N) is 1. The van der Waals surface area contributed by atoms with Gasteiger partial charge in [0.2, 0.25) is 0 Å². The third-order valence-corrected chi connectivity index (χ3v) is 11.7. The predicted octanol–water partition coefficient (Wildman–Crippen LogP) is 6.13. The molecule has 1 aromatic rings. The molecule has 0 aliphatic heterocycles. The van der Waals surface area contributed by atoms with Crippen molar-refractivity contribution in [2.24, 2.45) is 5.92 Å². The molecule has 0 aromatic heterocycles. The highest BCUT2D eigenvalue weighted by Crippen LogP contribution is 2.39. The van der Waals surface area contributed by atoms with Crippen LogP contribution in [0.5, 0.6) is 5.75 Å². The van der Waals surface area contributed by atoms with Crippen molar-refractivity contribution in [1.82, 2.24) is 5.06 Å². The molecule has 0 spiro atoms. The molecule has 0 heterocycles. The zero-order valence-electron chi connectivity index (χ0n) is 24.8. The molecule has 212 valence electrons. The van der Waals surface area contributed by atoms with Crippen molar-refractivity contribution in [3.63, 3.8) is 0 Å². The van der Waals surface area contributed by atoms with Crippen LogP contribution in [-0.2, 0) is 25.4 Å². The number of ether oxygens (including phenoxy) is 2. The number of benzene rings is 1. The molecule has 1 rings (SSSR count). The molecule has 37 heavy (non-hydrogen) atoms. The van der Waals surface area contributed by atoms with E-state index in [1.165, 1.54) is 12.2 Å². The summed E-state index contributed by atoms with van der Waals surface area (Å²) in [6.45, 7) is 16.0. The summed E-state index contributed by atoms with van der Waals surface area (Å²) >= 11 is 0. The Balaban J connectivity index is 3.18. The molecule has 8 heteroatoms. The van der Waals surface area contributed by atoms with Crippen LogP contribution in [-0.4, -0.2) is 64.5 Å². The third kappa shape index (κ3) is 10.5. The number of amides is 1. The summed E-state index contributed by atoms with van der Waals surface area (Å²) in [6.07, 6.45) is 3.39. The summed E-state index contributed by atoms with van der Waals surface area (Å²) in [5, 5.41) is 12.5. The first-order valence-corrected chi connectivity index (χ1v) is 16.3. The fraction of sp³-hybridized carbons (Fsp3) is 0.690. The van der Waals surface area contributed by atoms with E-state index in [4.69, 9.17) is 18.7 Å². The number of hydroxylamine groups is 2. The van der Waals surface area contributed by atoms with Gasteiger partial charge in [0.1, 0.15) is 5.75 Å². The van der Waals surface area contributed by atoms with E-state index >= 15 is 0 Å². The highest BCUT2D eigenvalue weighted by Gasteiger charge is 2.41. The molecule has 0 aliphatic carbocycles. The van der Waals surface area contributed by atoms with Crippen LogP contribution in [0.15, 0.2) is 35.9 Å². The van der Waals surface area contributed by atoms with Gasteiger partial charge in [-0.1, -0.05) is 59.2 Å². The van der Waals surface area contributed by atoms with Gasteiger partial charge in [-0.2, -0.15) is 0 Å². The second kappa shape index (κ2) is 15.6. The minimum atomic E-state index is -2.19. The number of carbonyl (C=O) groups is 1. The zero-order chi connectivity index (χ0) is 28.2. The van der Waals surface area contributed by atoms with Crippen LogP contribution in [0.3, 0.4) is 0 Å². The number of aliphatic hydroxyl groups is 1. The molecule has 0 unspecified atom stereocenters. The van der Waals surface area contributed by atoms with E-state index in [9.17, 15) is 9.90 Å². The van der Waals surface area contributed by atoms with Gasteiger partial charge in [-0.25, -0.2) is 5.06 Å². The van der Waals surface area contributed by atoms with Crippen LogP contribution >= 0.6 is 0 Å². The molecule has 1 N–H and O–H groups in total. The van der Waals surface area contributed by atoms with Gasteiger partial charge in [-0.3, -0.25) is 9.63 Å². The number of aliphatic hydroxyl groups excluding tert-OH is 1. The largest absolute Gasteiger partial charge is 0.497 e. The van der Waals surface area contributed by atoms with Crippen molar-refractivity contribution in [3.8, 4) is 5.75 Å². The molecule has 0 saturated carbocycles. The predicted molar refractivity (Wildman–Crippen MR) is 152 cm³/mol. The molecule has 0 radical (unpaired) electrons. The Morgan fingerprint density at radius 3 is 2.24 bits per heavy atom. The van der Waals surface area contributed by atoms with Crippen LogP contribution in [0.4, 0.5) is 0 Å². The van der Waals surface area contributed by atoms with E-state index in [-0.39, 0.29) is 17.0 Å². The van der Waals surface area contributed by atoms with E-state index < -0.39 is 20.3 Å². The van der Waals surface area contributed by atoms with Crippen LogP contribution in [0.25, 0.3) is 0 Å². The van der Waals surface area contributed by atoms with Gasteiger partial charge in [-0.15, -0.1) is 0 Å². The number of carbonyl (C=O) groups excluding carboxylic acids is 1. The normalized spacial score (nSPS) is 15.3. The maximum atomic E-state index is 13.0. The Kier molecular flexibility index (Phi) is 14.1. The maximum absolute atomic E-state index is 13.0. The number of hydrogen-bond acceptors (Lipinski definition) is 6. The molecule has 3 atom stereocenters. The number of rotatable bonds is 16. The second-order valence-corrected chi connectivity index (χ2v) is 15.9. The first-order valence-electron chi connectivity index (χ1n) is 13.4. The average molecular weight is 538 g/mol. The van der Waals surface area contributed by atoms with Crippen LogP contribution in [0.1, 0.15) is 65.9 Å². The summed E-state index contributed by atoms with van der Waals surface area (Å²) in [6, 6.07) is 7.82. The third-order valence-electron chi connectivity index (χ3n) is 7.24. The first-order chi connectivity index (χ1) is 17.3.